The summed E-state index contributed by atoms with van der Waals surface area (Å²) in [5.74, 6) is -0.205. The second kappa shape index (κ2) is 5.31. The van der Waals surface area contributed by atoms with Crippen LogP contribution in [-0.4, -0.2) is 4.21 Å². The molecule has 0 aromatic heterocycles. The molecule has 2 rings (SSSR count). The Hall–Kier alpha value is -1.68. The normalized spacial score (nSPS) is 12.3. The quantitative estimate of drug-likeness (QED) is 0.865. The van der Waals surface area contributed by atoms with E-state index in [0.717, 1.165) is 11.1 Å². The maximum absolute atomic E-state index is 13.6. The van der Waals surface area contributed by atoms with E-state index in [9.17, 15) is 8.60 Å². The molecule has 0 heterocycles. The van der Waals surface area contributed by atoms with Crippen LogP contribution in [0.1, 0.15) is 11.1 Å². The number of anilines is 1. The highest BCUT2D eigenvalue weighted by atomic mass is 32.2. The van der Waals surface area contributed by atoms with Gasteiger partial charge in [0.05, 0.1) is 21.4 Å². The van der Waals surface area contributed by atoms with E-state index in [0.29, 0.717) is 11.4 Å². The fourth-order valence-electron chi connectivity index (χ4n) is 1.73. The monoisotopic (exact) mass is 263 g/mol. The Bertz CT molecular complexity index is 598. The summed E-state index contributed by atoms with van der Waals surface area (Å²) in [5, 5.41) is 0. The van der Waals surface area contributed by atoms with E-state index in [1.54, 1.807) is 6.07 Å². The minimum atomic E-state index is -1.39. The van der Waals surface area contributed by atoms with E-state index in [2.05, 4.69) is 0 Å². The Morgan fingerprint density at radius 1 is 1.22 bits per heavy atom. The van der Waals surface area contributed by atoms with E-state index in [1.807, 2.05) is 31.2 Å². The van der Waals surface area contributed by atoms with Crippen LogP contribution < -0.4 is 5.73 Å². The van der Waals surface area contributed by atoms with Gasteiger partial charge < -0.3 is 5.73 Å². The van der Waals surface area contributed by atoms with Crippen LogP contribution >= 0.6 is 0 Å². The molecule has 0 amide bonds. The first kappa shape index (κ1) is 12.8. The Kier molecular flexibility index (Phi) is 3.77. The molecule has 2 nitrogen and oxygen atoms in total. The van der Waals surface area contributed by atoms with Crippen LogP contribution in [0.15, 0.2) is 47.4 Å². The zero-order valence-electron chi connectivity index (χ0n) is 10.0. The summed E-state index contributed by atoms with van der Waals surface area (Å²) in [6.07, 6.45) is 0. The molecule has 0 fully saturated rings. The Balaban J connectivity index is 2.22. The van der Waals surface area contributed by atoms with Gasteiger partial charge in [0.2, 0.25) is 0 Å². The summed E-state index contributed by atoms with van der Waals surface area (Å²) in [7, 11) is -1.39. The molecular weight excluding hydrogens is 249 g/mol. The summed E-state index contributed by atoms with van der Waals surface area (Å²) < 4.78 is 25.7. The molecule has 0 bridgehead atoms. The lowest BCUT2D eigenvalue weighted by Crippen LogP contribution is -2.00. The highest BCUT2D eigenvalue weighted by Gasteiger charge is 2.11. The van der Waals surface area contributed by atoms with Crippen molar-refractivity contribution in [2.45, 2.75) is 17.6 Å². The molecule has 18 heavy (non-hydrogen) atoms. The molecule has 1 atom stereocenters. The fraction of sp³-hybridized carbons (Fsp3) is 0.143. The van der Waals surface area contributed by atoms with Crippen molar-refractivity contribution >= 4 is 16.5 Å². The van der Waals surface area contributed by atoms with E-state index in [1.165, 1.54) is 12.1 Å². The van der Waals surface area contributed by atoms with Gasteiger partial charge in [0.1, 0.15) is 5.82 Å². The van der Waals surface area contributed by atoms with Gasteiger partial charge in [-0.1, -0.05) is 29.8 Å². The predicted octanol–water partition coefficient (Wildman–Crippen LogP) is 3.02. The van der Waals surface area contributed by atoms with Crippen LogP contribution in [0.2, 0.25) is 0 Å². The topological polar surface area (TPSA) is 43.1 Å². The lowest BCUT2D eigenvalue weighted by molar-refractivity contribution is 0.596. The average molecular weight is 263 g/mol. The maximum atomic E-state index is 13.6. The number of hydrogen-bond acceptors (Lipinski definition) is 2. The van der Waals surface area contributed by atoms with Crippen molar-refractivity contribution < 1.29 is 8.60 Å². The lowest BCUT2D eigenvalue weighted by Gasteiger charge is -2.05. The molecule has 0 aliphatic carbocycles. The summed E-state index contributed by atoms with van der Waals surface area (Å²) in [4.78, 5) is 0.200. The molecule has 0 aliphatic rings. The van der Waals surface area contributed by atoms with Crippen molar-refractivity contribution in [2.24, 2.45) is 0 Å². The molecule has 0 saturated heterocycles. The Labute approximate surface area is 108 Å². The predicted molar refractivity (Wildman–Crippen MR) is 72.1 cm³/mol. The van der Waals surface area contributed by atoms with E-state index < -0.39 is 16.6 Å². The largest absolute Gasteiger partial charge is 0.399 e. The fourth-order valence-corrected chi connectivity index (χ4v) is 2.87. The van der Waals surface area contributed by atoms with Crippen LogP contribution in [-0.2, 0) is 16.6 Å². The molecule has 2 aromatic rings. The first-order chi connectivity index (χ1) is 8.56. The number of nitrogens with two attached hydrogens (primary N) is 1. The van der Waals surface area contributed by atoms with Gasteiger partial charge >= 0.3 is 0 Å². The third-order valence-electron chi connectivity index (χ3n) is 2.58. The molecule has 0 radical (unpaired) electrons. The van der Waals surface area contributed by atoms with Crippen LogP contribution in [0.5, 0.6) is 0 Å². The number of nitrogen functional groups attached to an aromatic ring is 1. The van der Waals surface area contributed by atoms with Gasteiger partial charge in [-0.2, -0.15) is 0 Å². The number of aryl methyl sites for hydroxylation is 1. The molecule has 94 valence electrons. The molecule has 4 heteroatoms. The lowest BCUT2D eigenvalue weighted by atomic mass is 10.2. The highest BCUT2D eigenvalue weighted by molar-refractivity contribution is 7.84. The first-order valence-electron chi connectivity index (χ1n) is 5.55. The summed E-state index contributed by atoms with van der Waals surface area (Å²) in [5.41, 5.74) is 7.83. The second-order valence-corrected chi connectivity index (χ2v) is 5.59. The molecule has 1 unspecified atom stereocenters. The molecular formula is C14H14FNOS. The zero-order valence-corrected chi connectivity index (χ0v) is 10.8. The van der Waals surface area contributed by atoms with Crippen LogP contribution in [0, 0.1) is 12.7 Å². The SMILES string of the molecule is Cc1cccc(CS(=O)c2ccc(N)cc2F)c1. The molecule has 0 aliphatic heterocycles. The average Bonchev–Trinajstić information content (AvgIpc) is 2.28. The smallest absolute Gasteiger partial charge is 0.141 e. The minimum Gasteiger partial charge on any atom is -0.399 e. The number of halogens is 1. The first-order valence-corrected chi connectivity index (χ1v) is 6.87. The van der Waals surface area contributed by atoms with Gasteiger partial charge in [-0.25, -0.2) is 4.39 Å². The maximum Gasteiger partial charge on any atom is 0.141 e. The van der Waals surface area contributed by atoms with Gasteiger partial charge in [-0.3, -0.25) is 4.21 Å². The van der Waals surface area contributed by atoms with Crippen molar-refractivity contribution in [3.8, 4) is 0 Å². The second-order valence-electron chi connectivity index (χ2n) is 4.17. The summed E-state index contributed by atoms with van der Waals surface area (Å²) >= 11 is 0. The van der Waals surface area contributed by atoms with E-state index >= 15 is 0 Å². The van der Waals surface area contributed by atoms with Crippen molar-refractivity contribution in [3.05, 3.63) is 59.4 Å². The standard InChI is InChI=1S/C14H14FNOS/c1-10-3-2-4-11(7-10)9-18(17)14-6-5-12(16)8-13(14)15/h2-8H,9,16H2,1H3. The van der Waals surface area contributed by atoms with Crippen molar-refractivity contribution in [3.63, 3.8) is 0 Å². The van der Waals surface area contributed by atoms with Crippen LogP contribution in [0.4, 0.5) is 10.1 Å². The van der Waals surface area contributed by atoms with Crippen molar-refractivity contribution in [1.29, 1.82) is 0 Å². The molecule has 2 N–H and O–H groups in total. The Morgan fingerprint density at radius 2 is 2.00 bits per heavy atom. The van der Waals surface area contributed by atoms with Gasteiger partial charge in [0.25, 0.3) is 0 Å². The van der Waals surface area contributed by atoms with Gasteiger partial charge in [0, 0.05) is 5.69 Å². The van der Waals surface area contributed by atoms with E-state index in [4.69, 9.17) is 5.73 Å². The van der Waals surface area contributed by atoms with E-state index in [-0.39, 0.29) is 4.90 Å². The zero-order chi connectivity index (χ0) is 13.1. The molecule has 0 saturated carbocycles. The molecule has 0 spiro atoms. The van der Waals surface area contributed by atoms with Crippen LogP contribution in [0.3, 0.4) is 0 Å². The van der Waals surface area contributed by atoms with Crippen LogP contribution in [0.25, 0.3) is 0 Å². The summed E-state index contributed by atoms with van der Waals surface area (Å²) in [6, 6.07) is 12.0. The van der Waals surface area contributed by atoms with Crippen molar-refractivity contribution in [1.82, 2.24) is 0 Å². The third kappa shape index (κ3) is 2.96. The molecule has 2 aromatic carbocycles. The number of rotatable bonds is 3. The van der Waals surface area contributed by atoms with Gasteiger partial charge in [-0.15, -0.1) is 0 Å². The number of benzene rings is 2. The summed E-state index contributed by atoms with van der Waals surface area (Å²) in [6.45, 7) is 1.97. The number of hydrogen-bond donors (Lipinski definition) is 1. The van der Waals surface area contributed by atoms with Crippen molar-refractivity contribution in [2.75, 3.05) is 5.73 Å². The van der Waals surface area contributed by atoms with Gasteiger partial charge in [-0.05, 0) is 30.7 Å². The Morgan fingerprint density at radius 3 is 2.67 bits per heavy atom. The van der Waals surface area contributed by atoms with Gasteiger partial charge in [0.15, 0.2) is 0 Å². The minimum absolute atomic E-state index is 0.200. The third-order valence-corrected chi connectivity index (χ3v) is 4.00. The highest BCUT2D eigenvalue weighted by Crippen LogP contribution is 2.18.